The lowest BCUT2D eigenvalue weighted by Crippen LogP contribution is -1.98. The fourth-order valence-corrected chi connectivity index (χ4v) is 1.26. The highest BCUT2D eigenvalue weighted by atomic mass is 16.4. The number of carbonyl (C=O) groups is 1. The molecule has 13 heavy (non-hydrogen) atoms. The molecule has 0 saturated heterocycles. The Balaban J connectivity index is 2.67. The first-order valence-corrected chi connectivity index (χ1v) is 3.86. The van der Waals surface area contributed by atoms with E-state index in [0.717, 1.165) is 11.2 Å². The first kappa shape index (κ1) is 7.79. The van der Waals surface area contributed by atoms with Crippen molar-refractivity contribution < 1.29 is 9.90 Å². The van der Waals surface area contributed by atoms with Crippen molar-refractivity contribution in [3.05, 3.63) is 29.6 Å². The zero-order valence-electron chi connectivity index (χ0n) is 7.03. The Kier molecular flexibility index (Phi) is 1.55. The van der Waals surface area contributed by atoms with Crippen LogP contribution >= 0.6 is 0 Å². The molecular formula is C9H8N2O2. The number of rotatable bonds is 1. The van der Waals surface area contributed by atoms with Crippen LogP contribution in [0.3, 0.4) is 0 Å². The molecule has 0 aliphatic heterocycles. The summed E-state index contributed by atoms with van der Waals surface area (Å²) in [6.07, 6.45) is 0. The van der Waals surface area contributed by atoms with Crippen LogP contribution < -0.4 is 0 Å². The van der Waals surface area contributed by atoms with Crippen molar-refractivity contribution >= 4 is 17.0 Å². The highest BCUT2D eigenvalue weighted by Gasteiger charge is 2.06. The number of carboxylic acid groups (broad SMARTS) is 1. The molecule has 4 heteroatoms. The van der Waals surface area contributed by atoms with Gasteiger partial charge < -0.3 is 10.1 Å². The van der Waals surface area contributed by atoms with Crippen molar-refractivity contribution in [3.63, 3.8) is 0 Å². The number of hydrogen-bond donors (Lipinski definition) is 2. The molecule has 0 aliphatic carbocycles. The molecule has 0 amide bonds. The average molecular weight is 176 g/mol. The Hall–Kier alpha value is -1.84. The van der Waals surface area contributed by atoms with E-state index in [0.29, 0.717) is 5.52 Å². The second-order valence-electron chi connectivity index (χ2n) is 2.89. The fraction of sp³-hybridized carbons (Fsp3) is 0.111. The molecule has 0 aliphatic rings. The van der Waals surface area contributed by atoms with Crippen molar-refractivity contribution in [1.29, 1.82) is 0 Å². The average Bonchev–Trinajstić information content (AvgIpc) is 2.42. The molecule has 0 aromatic carbocycles. The van der Waals surface area contributed by atoms with Crippen molar-refractivity contribution in [3.8, 4) is 0 Å². The monoisotopic (exact) mass is 176 g/mol. The molecule has 2 rings (SSSR count). The van der Waals surface area contributed by atoms with Crippen molar-refractivity contribution in [2.24, 2.45) is 0 Å². The molecule has 2 aromatic heterocycles. The standard InChI is InChI=1S/C9H8N2O2/c1-5-4-8-6(10-5)2-3-7(11-8)9(12)13/h2-4,10H,1H3,(H,12,13). The molecule has 4 nitrogen and oxygen atoms in total. The van der Waals surface area contributed by atoms with Crippen LogP contribution in [0.25, 0.3) is 11.0 Å². The summed E-state index contributed by atoms with van der Waals surface area (Å²) in [6, 6.07) is 5.03. The number of nitrogens with one attached hydrogen (secondary N) is 1. The summed E-state index contributed by atoms with van der Waals surface area (Å²) in [6.45, 7) is 1.90. The van der Waals surface area contributed by atoms with Gasteiger partial charge in [-0.3, -0.25) is 0 Å². The maximum absolute atomic E-state index is 10.6. The van der Waals surface area contributed by atoms with Crippen LogP contribution in [-0.4, -0.2) is 21.0 Å². The summed E-state index contributed by atoms with van der Waals surface area (Å²) in [5.41, 5.74) is 2.61. The number of nitrogens with zero attached hydrogens (tertiary/aromatic N) is 1. The maximum atomic E-state index is 10.6. The Bertz CT molecular complexity index is 473. The van der Waals surface area contributed by atoms with Gasteiger partial charge in [0, 0.05) is 5.69 Å². The number of aromatic amines is 1. The summed E-state index contributed by atoms with van der Waals surface area (Å²) in [5, 5.41) is 8.68. The summed E-state index contributed by atoms with van der Waals surface area (Å²) in [7, 11) is 0. The zero-order valence-corrected chi connectivity index (χ0v) is 7.03. The molecule has 0 unspecified atom stereocenters. The minimum atomic E-state index is -0.999. The van der Waals surface area contributed by atoms with Gasteiger partial charge in [-0.1, -0.05) is 0 Å². The summed E-state index contributed by atoms with van der Waals surface area (Å²) < 4.78 is 0. The van der Waals surface area contributed by atoms with E-state index in [2.05, 4.69) is 9.97 Å². The number of carboxylic acids is 1. The Morgan fingerprint density at radius 1 is 1.54 bits per heavy atom. The van der Waals surface area contributed by atoms with Crippen LogP contribution in [0.4, 0.5) is 0 Å². The predicted octanol–water partition coefficient (Wildman–Crippen LogP) is 1.57. The molecule has 2 N–H and O–H groups in total. The summed E-state index contributed by atoms with van der Waals surface area (Å²) >= 11 is 0. The van der Waals surface area contributed by atoms with Gasteiger partial charge in [-0.25, -0.2) is 9.78 Å². The van der Waals surface area contributed by atoms with Gasteiger partial charge in [0.15, 0.2) is 0 Å². The van der Waals surface area contributed by atoms with Crippen LogP contribution in [0.1, 0.15) is 16.2 Å². The molecule has 0 fully saturated rings. The first-order chi connectivity index (χ1) is 6.16. The largest absolute Gasteiger partial charge is 0.477 e. The minimum Gasteiger partial charge on any atom is -0.477 e. The highest BCUT2D eigenvalue weighted by Crippen LogP contribution is 2.12. The Morgan fingerprint density at radius 2 is 2.31 bits per heavy atom. The van der Waals surface area contributed by atoms with Crippen molar-refractivity contribution in [2.45, 2.75) is 6.92 Å². The van der Waals surface area contributed by atoms with E-state index < -0.39 is 5.97 Å². The van der Waals surface area contributed by atoms with E-state index in [1.807, 2.05) is 13.0 Å². The second-order valence-corrected chi connectivity index (χ2v) is 2.89. The van der Waals surface area contributed by atoms with Gasteiger partial charge in [-0.05, 0) is 25.1 Å². The van der Waals surface area contributed by atoms with E-state index in [1.165, 1.54) is 6.07 Å². The predicted molar refractivity (Wildman–Crippen MR) is 47.8 cm³/mol. The van der Waals surface area contributed by atoms with Gasteiger partial charge in [0.25, 0.3) is 0 Å². The van der Waals surface area contributed by atoms with Crippen LogP contribution in [0.15, 0.2) is 18.2 Å². The number of aromatic carboxylic acids is 1. The third-order valence-electron chi connectivity index (χ3n) is 1.83. The van der Waals surface area contributed by atoms with E-state index in [-0.39, 0.29) is 5.69 Å². The third kappa shape index (κ3) is 1.26. The number of aromatic nitrogens is 2. The SMILES string of the molecule is Cc1cc2nc(C(=O)O)ccc2[nH]1. The fourth-order valence-electron chi connectivity index (χ4n) is 1.26. The van der Waals surface area contributed by atoms with E-state index in [9.17, 15) is 4.79 Å². The van der Waals surface area contributed by atoms with Gasteiger partial charge in [0.1, 0.15) is 5.69 Å². The molecule has 0 radical (unpaired) electrons. The van der Waals surface area contributed by atoms with Crippen molar-refractivity contribution in [2.75, 3.05) is 0 Å². The lowest BCUT2D eigenvalue weighted by molar-refractivity contribution is 0.0691. The Morgan fingerprint density at radius 3 is 3.00 bits per heavy atom. The van der Waals surface area contributed by atoms with Gasteiger partial charge in [0.05, 0.1) is 11.0 Å². The highest BCUT2D eigenvalue weighted by molar-refractivity contribution is 5.89. The Labute approximate surface area is 74.2 Å². The summed E-state index contributed by atoms with van der Waals surface area (Å²) in [4.78, 5) is 17.6. The number of aryl methyl sites for hydroxylation is 1. The van der Waals surface area contributed by atoms with Gasteiger partial charge in [-0.2, -0.15) is 0 Å². The zero-order chi connectivity index (χ0) is 9.42. The first-order valence-electron chi connectivity index (χ1n) is 3.86. The third-order valence-corrected chi connectivity index (χ3v) is 1.83. The maximum Gasteiger partial charge on any atom is 0.354 e. The van der Waals surface area contributed by atoms with Gasteiger partial charge >= 0.3 is 5.97 Å². The summed E-state index contributed by atoms with van der Waals surface area (Å²) in [5.74, 6) is -0.999. The molecular weight excluding hydrogens is 168 g/mol. The smallest absolute Gasteiger partial charge is 0.354 e. The normalized spacial score (nSPS) is 10.5. The second kappa shape index (κ2) is 2.58. The van der Waals surface area contributed by atoms with Gasteiger partial charge in [-0.15, -0.1) is 0 Å². The van der Waals surface area contributed by atoms with Crippen LogP contribution in [0, 0.1) is 6.92 Å². The number of pyridine rings is 1. The quantitative estimate of drug-likeness (QED) is 0.693. The number of hydrogen-bond acceptors (Lipinski definition) is 2. The van der Waals surface area contributed by atoms with E-state index >= 15 is 0 Å². The van der Waals surface area contributed by atoms with E-state index in [1.54, 1.807) is 6.07 Å². The lowest BCUT2D eigenvalue weighted by Gasteiger charge is -1.92. The van der Waals surface area contributed by atoms with Crippen molar-refractivity contribution in [1.82, 2.24) is 9.97 Å². The van der Waals surface area contributed by atoms with E-state index in [4.69, 9.17) is 5.11 Å². The molecule has 0 atom stereocenters. The molecule has 2 heterocycles. The van der Waals surface area contributed by atoms with Gasteiger partial charge in [0.2, 0.25) is 0 Å². The minimum absolute atomic E-state index is 0.0755. The molecule has 0 bridgehead atoms. The molecule has 0 saturated carbocycles. The topological polar surface area (TPSA) is 66.0 Å². The molecule has 2 aromatic rings. The van der Waals surface area contributed by atoms with Crippen LogP contribution in [-0.2, 0) is 0 Å². The molecule has 66 valence electrons. The lowest BCUT2D eigenvalue weighted by atomic mass is 10.3. The van der Waals surface area contributed by atoms with Crippen LogP contribution in [0.2, 0.25) is 0 Å². The molecule has 0 spiro atoms. The number of H-pyrrole nitrogens is 1. The number of fused-ring (bicyclic) bond motifs is 1. The van der Waals surface area contributed by atoms with Crippen LogP contribution in [0.5, 0.6) is 0 Å².